The van der Waals surface area contributed by atoms with Crippen molar-refractivity contribution in [3.8, 4) is 16.9 Å². The summed E-state index contributed by atoms with van der Waals surface area (Å²) in [4.78, 5) is 3.26. The number of aromatic nitrogens is 1. The molecule has 1 aromatic heterocycles. The van der Waals surface area contributed by atoms with Crippen LogP contribution in [0.25, 0.3) is 22.0 Å². The summed E-state index contributed by atoms with van der Waals surface area (Å²) in [7, 11) is -3.97. The van der Waals surface area contributed by atoms with Crippen LogP contribution >= 0.6 is 0 Å². The van der Waals surface area contributed by atoms with Crippen molar-refractivity contribution in [2.45, 2.75) is 23.8 Å². The molecule has 170 valence electrons. The van der Waals surface area contributed by atoms with E-state index in [2.05, 4.69) is 9.71 Å². The van der Waals surface area contributed by atoms with Crippen LogP contribution in [0.2, 0.25) is 0 Å². The Balaban J connectivity index is 1.48. The number of anilines is 1. The van der Waals surface area contributed by atoms with Crippen molar-refractivity contribution >= 4 is 26.6 Å². The van der Waals surface area contributed by atoms with E-state index in [1.54, 1.807) is 12.1 Å². The van der Waals surface area contributed by atoms with Gasteiger partial charge in [0.2, 0.25) is 10.0 Å². The third-order valence-electron chi connectivity index (χ3n) is 5.94. The quantitative estimate of drug-likeness (QED) is 0.314. The van der Waals surface area contributed by atoms with Gasteiger partial charge < -0.3 is 20.6 Å². The van der Waals surface area contributed by atoms with Gasteiger partial charge in [-0.1, -0.05) is 30.3 Å². The maximum absolute atomic E-state index is 13.5. The van der Waals surface area contributed by atoms with Gasteiger partial charge in [0.25, 0.3) is 0 Å². The first kappa shape index (κ1) is 21.5. The first-order chi connectivity index (χ1) is 15.9. The Hall–Kier alpha value is -3.33. The summed E-state index contributed by atoms with van der Waals surface area (Å²) in [5, 5.41) is 11.0. The highest BCUT2D eigenvalue weighted by Gasteiger charge is 2.29. The Morgan fingerprint density at radius 1 is 1.09 bits per heavy atom. The molecule has 33 heavy (non-hydrogen) atoms. The first-order valence-electron chi connectivity index (χ1n) is 10.8. The zero-order valence-electron chi connectivity index (χ0n) is 17.9. The molecule has 0 aliphatic carbocycles. The summed E-state index contributed by atoms with van der Waals surface area (Å²) in [6, 6.07) is 18.0. The number of ether oxygens (including phenoxy) is 1. The molecule has 8 heteroatoms. The SMILES string of the molecule is Nc1cccc(-c2cc3c(c(S(=O)(=O)N[C@@H](CO)Cc4c[nH]c5ccccc45)c2)OCC3)c1. The summed E-state index contributed by atoms with van der Waals surface area (Å²) in [5.41, 5.74) is 10.9. The monoisotopic (exact) mass is 463 g/mol. The number of nitrogens with one attached hydrogen (secondary N) is 2. The van der Waals surface area contributed by atoms with E-state index in [0.717, 1.165) is 33.2 Å². The summed E-state index contributed by atoms with van der Waals surface area (Å²) in [6.45, 7) is 0.0910. The third kappa shape index (κ3) is 4.20. The lowest BCUT2D eigenvalue weighted by Gasteiger charge is -2.18. The third-order valence-corrected chi connectivity index (χ3v) is 7.47. The number of hydrogen-bond donors (Lipinski definition) is 4. The smallest absolute Gasteiger partial charge is 0.244 e. The van der Waals surface area contributed by atoms with E-state index in [9.17, 15) is 13.5 Å². The van der Waals surface area contributed by atoms with Crippen LogP contribution in [0.3, 0.4) is 0 Å². The van der Waals surface area contributed by atoms with Gasteiger partial charge in [0, 0.05) is 35.2 Å². The van der Waals surface area contributed by atoms with Gasteiger partial charge in [-0.3, -0.25) is 0 Å². The minimum absolute atomic E-state index is 0.0762. The number of fused-ring (bicyclic) bond motifs is 2. The van der Waals surface area contributed by atoms with Crippen molar-refractivity contribution < 1.29 is 18.3 Å². The highest BCUT2D eigenvalue weighted by Crippen LogP contribution is 2.37. The second-order valence-corrected chi connectivity index (χ2v) is 9.93. The van der Waals surface area contributed by atoms with E-state index >= 15 is 0 Å². The molecule has 5 N–H and O–H groups in total. The highest BCUT2D eigenvalue weighted by molar-refractivity contribution is 7.89. The highest BCUT2D eigenvalue weighted by atomic mass is 32.2. The van der Waals surface area contributed by atoms with Crippen LogP contribution in [0.4, 0.5) is 5.69 Å². The van der Waals surface area contributed by atoms with E-state index in [4.69, 9.17) is 10.5 Å². The van der Waals surface area contributed by atoms with Gasteiger partial charge in [0.1, 0.15) is 10.6 Å². The van der Waals surface area contributed by atoms with Crippen LogP contribution in [0.15, 0.2) is 71.8 Å². The van der Waals surface area contributed by atoms with E-state index in [-0.39, 0.29) is 11.5 Å². The Morgan fingerprint density at radius 3 is 2.76 bits per heavy atom. The van der Waals surface area contributed by atoms with Gasteiger partial charge in [-0.05, 0) is 59.0 Å². The van der Waals surface area contributed by atoms with Gasteiger partial charge in [-0.2, -0.15) is 0 Å². The van der Waals surface area contributed by atoms with Crippen LogP contribution in [0.5, 0.6) is 5.75 Å². The normalized spacial score (nSPS) is 14.2. The number of aromatic amines is 1. The number of aliphatic hydroxyl groups excluding tert-OH is 1. The van der Waals surface area contributed by atoms with Crippen molar-refractivity contribution in [1.29, 1.82) is 0 Å². The van der Waals surface area contributed by atoms with E-state index in [1.165, 1.54) is 0 Å². The molecule has 1 atom stereocenters. The van der Waals surface area contributed by atoms with E-state index in [1.807, 2.05) is 54.7 Å². The number of sulfonamides is 1. The molecular weight excluding hydrogens is 438 g/mol. The zero-order chi connectivity index (χ0) is 23.0. The lowest BCUT2D eigenvalue weighted by molar-refractivity contribution is 0.256. The second kappa shape index (κ2) is 8.55. The zero-order valence-corrected chi connectivity index (χ0v) is 18.7. The van der Waals surface area contributed by atoms with E-state index < -0.39 is 16.1 Å². The molecule has 1 aliphatic rings. The number of para-hydroxylation sites is 1. The molecular formula is C25H25N3O4S. The van der Waals surface area contributed by atoms with Gasteiger partial charge in [-0.15, -0.1) is 0 Å². The lowest BCUT2D eigenvalue weighted by atomic mass is 10.0. The molecule has 5 rings (SSSR count). The minimum Gasteiger partial charge on any atom is -0.492 e. The van der Waals surface area contributed by atoms with Crippen LogP contribution in [-0.2, 0) is 22.9 Å². The molecule has 3 aromatic carbocycles. The maximum Gasteiger partial charge on any atom is 0.244 e. The topological polar surface area (TPSA) is 117 Å². The Kier molecular flexibility index (Phi) is 5.57. The molecule has 0 saturated heterocycles. The number of nitrogen functional groups attached to an aromatic ring is 1. The summed E-state index contributed by atoms with van der Waals surface area (Å²) < 4.78 is 35.3. The molecule has 0 unspecified atom stereocenters. The van der Waals surface area contributed by atoms with Gasteiger partial charge in [-0.25, -0.2) is 13.1 Å². The Morgan fingerprint density at radius 2 is 1.94 bits per heavy atom. The van der Waals surface area contributed by atoms with Crippen molar-refractivity contribution in [2.75, 3.05) is 18.9 Å². The van der Waals surface area contributed by atoms with Crippen molar-refractivity contribution in [1.82, 2.24) is 9.71 Å². The van der Waals surface area contributed by atoms with Crippen LogP contribution in [0, 0.1) is 0 Å². The van der Waals surface area contributed by atoms with Crippen LogP contribution in [-0.4, -0.2) is 37.8 Å². The number of benzene rings is 3. The molecule has 0 fully saturated rings. The fourth-order valence-corrected chi connectivity index (χ4v) is 5.79. The molecule has 0 spiro atoms. The molecule has 0 radical (unpaired) electrons. The molecule has 2 heterocycles. The number of hydrogen-bond acceptors (Lipinski definition) is 5. The minimum atomic E-state index is -3.97. The summed E-state index contributed by atoms with van der Waals surface area (Å²) >= 11 is 0. The van der Waals surface area contributed by atoms with Crippen molar-refractivity contribution in [2.24, 2.45) is 0 Å². The predicted molar refractivity (Wildman–Crippen MR) is 129 cm³/mol. The average Bonchev–Trinajstić information content (AvgIpc) is 3.45. The molecule has 1 aliphatic heterocycles. The molecule has 0 amide bonds. The fourth-order valence-electron chi connectivity index (χ4n) is 4.35. The maximum atomic E-state index is 13.5. The lowest BCUT2D eigenvalue weighted by Crippen LogP contribution is -2.39. The summed E-state index contributed by atoms with van der Waals surface area (Å²) in [5.74, 6) is 0.374. The van der Waals surface area contributed by atoms with E-state index in [0.29, 0.717) is 30.9 Å². The predicted octanol–water partition coefficient (Wildman–Crippen LogP) is 3.23. The number of nitrogens with two attached hydrogens (primary N) is 1. The Labute approximate surface area is 192 Å². The first-order valence-corrected chi connectivity index (χ1v) is 12.3. The number of aliphatic hydroxyl groups is 1. The van der Waals surface area contributed by atoms with Crippen LogP contribution < -0.4 is 15.2 Å². The van der Waals surface area contributed by atoms with Crippen LogP contribution in [0.1, 0.15) is 11.1 Å². The Bertz CT molecular complexity index is 1430. The fraction of sp³-hybridized carbons (Fsp3) is 0.200. The average molecular weight is 464 g/mol. The molecule has 7 nitrogen and oxygen atoms in total. The largest absolute Gasteiger partial charge is 0.492 e. The second-order valence-electron chi connectivity index (χ2n) is 8.25. The van der Waals surface area contributed by atoms with Gasteiger partial charge in [0.15, 0.2) is 0 Å². The van der Waals surface area contributed by atoms with Gasteiger partial charge >= 0.3 is 0 Å². The summed E-state index contributed by atoms with van der Waals surface area (Å²) in [6.07, 6.45) is 2.83. The number of H-pyrrole nitrogens is 1. The van der Waals surface area contributed by atoms with Crippen molar-refractivity contribution in [3.05, 3.63) is 78.0 Å². The van der Waals surface area contributed by atoms with Crippen molar-refractivity contribution in [3.63, 3.8) is 0 Å². The number of rotatable bonds is 7. The van der Waals surface area contributed by atoms with Gasteiger partial charge in [0.05, 0.1) is 13.2 Å². The standard InChI is InChI=1S/C25H25N3O4S/c26-20-5-3-4-16(11-20)18-10-17-8-9-32-25(17)24(13-18)33(30,31)28-21(15-29)12-19-14-27-23-7-2-1-6-22(19)23/h1-7,10-11,13-14,21,27-29H,8-9,12,15,26H2/t21-/m1/s1. The molecule has 0 saturated carbocycles. The molecule has 4 aromatic rings. The molecule has 0 bridgehead atoms.